The van der Waals surface area contributed by atoms with Gasteiger partial charge < -0.3 is 4.74 Å². The van der Waals surface area contributed by atoms with Crippen molar-refractivity contribution in [1.82, 2.24) is 14.8 Å². The summed E-state index contributed by atoms with van der Waals surface area (Å²) in [5.74, 6) is 0.630. The van der Waals surface area contributed by atoms with E-state index in [1.165, 1.54) is 16.0 Å². The van der Waals surface area contributed by atoms with Crippen LogP contribution in [0.25, 0.3) is 16.4 Å². The number of azo groups is 1. The predicted molar refractivity (Wildman–Crippen MR) is 123 cm³/mol. The molecular formula is C23H23N5O2S. The maximum atomic E-state index is 13.2. The van der Waals surface area contributed by atoms with Crippen LogP contribution in [0, 0.1) is 6.92 Å². The lowest BCUT2D eigenvalue weighted by molar-refractivity contribution is 0.341. The fourth-order valence-electron chi connectivity index (χ4n) is 3.22. The topological polar surface area (TPSA) is 84.6 Å². The average Bonchev–Trinajstić information content (AvgIpc) is 3.33. The van der Waals surface area contributed by atoms with Crippen molar-refractivity contribution in [3.8, 4) is 22.1 Å². The van der Waals surface area contributed by atoms with E-state index in [9.17, 15) is 4.79 Å². The molecule has 0 radical (unpaired) electrons. The second kappa shape index (κ2) is 9.09. The van der Waals surface area contributed by atoms with Crippen LogP contribution in [0.2, 0.25) is 0 Å². The lowest BCUT2D eigenvalue weighted by Gasteiger charge is -2.04. The van der Waals surface area contributed by atoms with Crippen LogP contribution in [0.3, 0.4) is 0 Å². The molecule has 2 heterocycles. The van der Waals surface area contributed by atoms with E-state index in [2.05, 4.69) is 15.3 Å². The van der Waals surface area contributed by atoms with Crippen molar-refractivity contribution >= 4 is 22.7 Å². The number of H-pyrrole nitrogens is 1. The van der Waals surface area contributed by atoms with Crippen LogP contribution >= 0.6 is 11.3 Å². The molecule has 7 nitrogen and oxygen atoms in total. The standard InChI is InChI=1S/C23H23N5O2S/c1-4-17-21(26-25-18-13-9-10-14-19(18)30-5-2)22(29)28(27-17)23-24-20(15(3)31-23)16-11-7-6-8-12-16/h6-14,27H,4-5H2,1-3H3. The lowest BCUT2D eigenvalue weighted by atomic mass is 10.1. The summed E-state index contributed by atoms with van der Waals surface area (Å²) in [5.41, 5.74) is 3.18. The zero-order chi connectivity index (χ0) is 21.8. The molecule has 0 unspecified atom stereocenters. The molecule has 2 aromatic heterocycles. The first-order valence-corrected chi connectivity index (χ1v) is 10.9. The molecule has 4 rings (SSSR count). The van der Waals surface area contributed by atoms with E-state index in [-0.39, 0.29) is 11.2 Å². The molecule has 0 saturated carbocycles. The first kappa shape index (κ1) is 20.7. The van der Waals surface area contributed by atoms with Crippen LogP contribution < -0.4 is 10.3 Å². The van der Waals surface area contributed by atoms with E-state index in [0.717, 1.165) is 16.1 Å². The molecule has 2 aromatic carbocycles. The molecule has 0 amide bonds. The van der Waals surface area contributed by atoms with Crippen molar-refractivity contribution in [2.75, 3.05) is 6.61 Å². The molecular weight excluding hydrogens is 410 g/mol. The molecule has 0 aliphatic heterocycles. The summed E-state index contributed by atoms with van der Waals surface area (Å²) in [4.78, 5) is 18.9. The number of thiazole rings is 1. The summed E-state index contributed by atoms with van der Waals surface area (Å²) in [6.07, 6.45) is 0.611. The minimum Gasteiger partial charge on any atom is -0.492 e. The fourth-order valence-corrected chi connectivity index (χ4v) is 4.11. The summed E-state index contributed by atoms with van der Waals surface area (Å²) in [5, 5.41) is 12.3. The molecule has 0 saturated heterocycles. The maximum Gasteiger partial charge on any atom is 0.301 e. The second-order valence-corrected chi connectivity index (χ2v) is 7.98. The van der Waals surface area contributed by atoms with E-state index in [4.69, 9.17) is 9.72 Å². The molecule has 0 atom stereocenters. The largest absolute Gasteiger partial charge is 0.492 e. The molecule has 8 heteroatoms. The van der Waals surface area contributed by atoms with Gasteiger partial charge in [-0.05, 0) is 32.4 Å². The van der Waals surface area contributed by atoms with Crippen molar-refractivity contribution in [3.05, 3.63) is 75.5 Å². The molecule has 4 aromatic rings. The predicted octanol–water partition coefficient (Wildman–Crippen LogP) is 5.97. The molecule has 0 fully saturated rings. The van der Waals surface area contributed by atoms with Gasteiger partial charge in [-0.3, -0.25) is 9.89 Å². The number of nitrogens with one attached hydrogen (secondary N) is 1. The number of aromatic amines is 1. The summed E-state index contributed by atoms with van der Waals surface area (Å²) in [6, 6.07) is 17.3. The van der Waals surface area contributed by atoms with Crippen LogP contribution in [0.1, 0.15) is 24.4 Å². The fraction of sp³-hybridized carbons (Fsp3) is 0.217. The van der Waals surface area contributed by atoms with Gasteiger partial charge in [-0.25, -0.2) is 4.98 Å². The molecule has 1 N–H and O–H groups in total. The number of nitrogens with zero attached hydrogens (tertiary/aromatic N) is 4. The van der Waals surface area contributed by atoms with E-state index in [1.807, 2.05) is 75.4 Å². The lowest BCUT2D eigenvalue weighted by Crippen LogP contribution is -2.13. The van der Waals surface area contributed by atoms with Gasteiger partial charge in [0.15, 0.2) is 5.69 Å². The van der Waals surface area contributed by atoms with Gasteiger partial charge in [-0.15, -0.1) is 10.2 Å². The molecule has 158 valence electrons. The highest BCUT2D eigenvalue weighted by Crippen LogP contribution is 2.31. The molecule has 0 aliphatic carbocycles. The Morgan fingerprint density at radius 1 is 1.06 bits per heavy atom. The van der Waals surface area contributed by atoms with Gasteiger partial charge >= 0.3 is 5.56 Å². The van der Waals surface area contributed by atoms with Gasteiger partial charge in [-0.2, -0.15) is 4.68 Å². The number of hydrogen-bond donors (Lipinski definition) is 1. The van der Waals surface area contributed by atoms with Crippen molar-refractivity contribution in [2.45, 2.75) is 27.2 Å². The van der Waals surface area contributed by atoms with Crippen molar-refractivity contribution in [3.63, 3.8) is 0 Å². The van der Waals surface area contributed by atoms with Crippen LogP contribution in [0.4, 0.5) is 11.4 Å². The summed E-state index contributed by atoms with van der Waals surface area (Å²) < 4.78 is 7.04. The third-order valence-corrected chi connectivity index (χ3v) is 5.69. The first-order chi connectivity index (χ1) is 15.1. The second-order valence-electron chi connectivity index (χ2n) is 6.80. The zero-order valence-electron chi connectivity index (χ0n) is 17.6. The minimum atomic E-state index is -0.275. The van der Waals surface area contributed by atoms with Crippen LogP contribution in [0.15, 0.2) is 69.6 Å². The SMILES string of the molecule is CCOc1ccccc1N=Nc1c(CC)[nH]n(-c2nc(-c3ccccc3)c(C)s2)c1=O. The Kier molecular flexibility index (Phi) is 6.08. The third-order valence-electron chi connectivity index (χ3n) is 4.74. The van der Waals surface area contributed by atoms with Crippen molar-refractivity contribution in [2.24, 2.45) is 10.2 Å². The third kappa shape index (κ3) is 4.20. The zero-order valence-corrected chi connectivity index (χ0v) is 18.4. The van der Waals surface area contributed by atoms with Crippen molar-refractivity contribution in [1.29, 1.82) is 0 Å². The maximum absolute atomic E-state index is 13.2. The molecule has 31 heavy (non-hydrogen) atoms. The van der Waals surface area contributed by atoms with Gasteiger partial charge in [0.1, 0.15) is 11.4 Å². The number of para-hydroxylation sites is 1. The Balaban J connectivity index is 1.73. The first-order valence-electron chi connectivity index (χ1n) is 10.1. The van der Waals surface area contributed by atoms with Gasteiger partial charge in [0.05, 0.1) is 18.0 Å². The number of ether oxygens (including phenoxy) is 1. The van der Waals surface area contributed by atoms with Gasteiger partial charge in [-0.1, -0.05) is 60.7 Å². The number of rotatable bonds is 7. The van der Waals surface area contributed by atoms with E-state index >= 15 is 0 Å². The highest BCUT2D eigenvalue weighted by molar-refractivity contribution is 7.14. The van der Waals surface area contributed by atoms with Crippen molar-refractivity contribution < 1.29 is 4.74 Å². The Hall–Kier alpha value is -3.52. The molecule has 0 bridgehead atoms. The molecule has 0 aliphatic rings. The van der Waals surface area contributed by atoms with E-state index in [0.29, 0.717) is 35.3 Å². The smallest absolute Gasteiger partial charge is 0.301 e. The Morgan fingerprint density at radius 3 is 2.55 bits per heavy atom. The van der Waals surface area contributed by atoms with Gasteiger partial charge in [0.25, 0.3) is 0 Å². The number of benzene rings is 2. The van der Waals surface area contributed by atoms with Crippen LogP contribution in [-0.4, -0.2) is 21.4 Å². The summed E-state index contributed by atoms with van der Waals surface area (Å²) in [6.45, 7) is 6.40. The van der Waals surface area contributed by atoms with Gasteiger partial charge in [0.2, 0.25) is 5.13 Å². The number of aromatic nitrogens is 3. The van der Waals surface area contributed by atoms with Crippen LogP contribution in [0.5, 0.6) is 5.75 Å². The monoisotopic (exact) mass is 433 g/mol. The highest BCUT2D eigenvalue weighted by atomic mass is 32.1. The van der Waals surface area contributed by atoms with E-state index < -0.39 is 0 Å². The Bertz CT molecular complexity index is 1270. The van der Waals surface area contributed by atoms with Crippen LogP contribution in [-0.2, 0) is 6.42 Å². The van der Waals surface area contributed by atoms with E-state index in [1.54, 1.807) is 0 Å². The summed E-state index contributed by atoms with van der Waals surface area (Å²) in [7, 11) is 0. The molecule has 0 spiro atoms. The average molecular weight is 434 g/mol. The minimum absolute atomic E-state index is 0.275. The normalized spacial score (nSPS) is 11.3. The highest BCUT2D eigenvalue weighted by Gasteiger charge is 2.18. The quantitative estimate of drug-likeness (QED) is 0.364. The summed E-state index contributed by atoms with van der Waals surface area (Å²) >= 11 is 1.46. The number of aryl methyl sites for hydroxylation is 2. The Morgan fingerprint density at radius 2 is 1.81 bits per heavy atom. The number of hydrogen-bond acceptors (Lipinski definition) is 6. The van der Waals surface area contributed by atoms with Gasteiger partial charge in [0, 0.05) is 10.4 Å². The Labute approximate surface area is 184 Å².